The van der Waals surface area contributed by atoms with Gasteiger partial charge in [0.05, 0.1) is 22.5 Å². The van der Waals surface area contributed by atoms with E-state index < -0.39 is 23.8 Å². The number of benzene rings is 2. The number of hydrogen-bond donors (Lipinski definition) is 4. The maximum Gasteiger partial charge on any atom is 0.337 e. The second kappa shape index (κ2) is 8.65. The predicted molar refractivity (Wildman–Crippen MR) is 107 cm³/mol. The molecule has 4 N–H and O–H groups in total. The van der Waals surface area contributed by atoms with Crippen LogP contribution in [-0.4, -0.2) is 39.0 Å². The van der Waals surface area contributed by atoms with Crippen LogP contribution in [0.2, 0.25) is 0 Å². The number of aromatic carboxylic acids is 2. The topological polar surface area (TPSA) is 146 Å². The molecule has 3 rings (SSSR count). The van der Waals surface area contributed by atoms with Crippen LogP contribution in [0.15, 0.2) is 66.7 Å². The molecular formula is C21H15N3O6. The highest BCUT2D eigenvalue weighted by Crippen LogP contribution is 2.17. The van der Waals surface area contributed by atoms with Gasteiger partial charge in [0.15, 0.2) is 0 Å². The van der Waals surface area contributed by atoms with Crippen LogP contribution in [0.25, 0.3) is 0 Å². The van der Waals surface area contributed by atoms with E-state index in [9.17, 15) is 29.4 Å². The Bertz CT molecular complexity index is 1070. The van der Waals surface area contributed by atoms with Crippen molar-refractivity contribution >= 4 is 35.1 Å². The molecule has 30 heavy (non-hydrogen) atoms. The fourth-order valence-electron chi connectivity index (χ4n) is 2.62. The van der Waals surface area contributed by atoms with Gasteiger partial charge in [-0.05, 0) is 36.4 Å². The van der Waals surface area contributed by atoms with Crippen molar-refractivity contribution in [2.24, 2.45) is 0 Å². The molecular weight excluding hydrogens is 390 g/mol. The lowest BCUT2D eigenvalue weighted by atomic mass is 10.1. The summed E-state index contributed by atoms with van der Waals surface area (Å²) in [5.41, 5.74) is -0.247. The summed E-state index contributed by atoms with van der Waals surface area (Å²) in [5, 5.41) is 23.3. The molecule has 0 aliphatic carbocycles. The van der Waals surface area contributed by atoms with Crippen LogP contribution in [-0.2, 0) is 0 Å². The molecule has 0 spiro atoms. The highest BCUT2D eigenvalue weighted by Gasteiger charge is 2.17. The van der Waals surface area contributed by atoms with Gasteiger partial charge in [0.1, 0.15) is 11.4 Å². The van der Waals surface area contributed by atoms with Crippen molar-refractivity contribution in [1.82, 2.24) is 4.98 Å². The number of anilines is 2. The lowest BCUT2D eigenvalue weighted by molar-refractivity contribution is 0.0687. The fraction of sp³-hybridized carbons (Fsp3) is 0. The summed E-state index contributed by atoms with van der Waals surface area (Å²) in [6.07, 6.45) is 0. The number of aromatic nitrogens is 1. The maximum absolute atomic E-state index is 12.5. The Hall–Kier alpha value is -4.53. The van der Waals surface area contributed by atoms with Crippen molar-refractivity contribution in [2.75, 3.05) is 10.6 Å². The van der Waals surface area contributed by atoms with Gasteiger partial charge in [0, 0.05) is 0 Å². The van der Waals surface area contributed by atoms with Crippen molar-refractivity contribution in [3.05, 3.63) is 89.2 Å². The number of rotatable bonds is 6. The zero-order valence-electron chi connectivity index (χ0n) is 15.3. The monoisotopic (exact) mass is 405 g/mol. The van der Waals surface area contributed by atoms with Crippen molar-refractivity contribution < 1.29 is 29.4 Å². The van der Waals surface area contributed by atoms with Gasteiger partial charge in [-0.2, -0.15) is 0 Å². The van der Waals surface area contributed by atoms with E-state index in [2.05, 4.69) is 15.6 Å². The Kier molecular flexibility index (Phi) is 5.83. The summed E-state index contributed by atoms with van der Waals surface area (Å²) in [6, 6.07) is 15.9. The first kappa shape index (κ1) is 20.2. The number of nitrogens with zero attached hydrogens (tertiary/aromatic N) is 1. The number of carbonyl (C=O) groups is 4. The summed E-state index contributed by atoms with van der Waals surface area (Å²) in [4.78, 5) is 51.5. The molecule has 9 heteroatoms. The van der Waals surface area contributed by atoms with Gasteiger partial charge < -0.3 is 20.8 Å². The van der Waals surface area contributed by atoms with Gasteiger partial charge in [0.25, 0.3) is 11.8 Å². The highest BCUT2D eigenvalue weighted by molar-refractivity contribution is 6.09. The first-order chi connectivity index (χ1) is 14.4. The molecule has 0 aliphatic rings. The second-order valence-corrected chi connectivity index (χ2v) is 6.02. The largest absolute Gasteiger partial charge is 0.478 e. The molecule has 0 fully saturated rings. The van der Waals surface area contributed by atoms with Crippen molar-refractivity contribution in [2.45, 2.75) is 0 Å². The number of amides is 2. The Labute approximate surface area is 170 Å². The number of hydrogen-bond acceptors (Lipinski definition) is 5. The number of nitrogens with one attached hydrogen (secondary N) is 2. The molecule has 1 heterocycles. The quantitative estimate of drug-likeness (QED) is 0.493. The third-order valence-corrected chi connectivity index (χ3v) is 4.03. The standard InChI is InChI=1S/C21H15N3O6/c25-18(23-14-8-3-1-6-12(14)20(27)28)16-10-5-11-17(22-16)19(26)24-15-9-4-2-7-13(15)21(29)30/h1-11H,(H,23,25)(H,24,26)(H,27,28)(H,29,30). The third kappa shape index (κ3) is 4.47. The van der Waals surface area contributed by atoms with Gasteiger partial charge in [-0.1, -0.05) is 30.3 Å². The maximum atomic E-state index is 12.5. The van der Waals surface area contributed by atoms with E-state index in [4.69, 9.17) is 0 Å². The number of carbonyl (C=O) groups excluding carboxylic acids is 2. The molecule has 0 unspecified atom stereocenters. The van der Waals surface area contributed by atoms with Crippen LogP contribution in [0.1, 0.15) is 41.7 Å². The SMILES string of the molecule is O=C(Nc1ccccc1C(=O)O)c1cccc(C(=O)Nc2ccccc2C(=O)O)n1. The molecule has 3 aromatic rings. The number of carboxylic acid groups (broad SMARTS) is 2. The Morgan fingerprint density at radius 3 is 1.40 bits per heavy atom. The molecule has 0 radical (unpaired) electrons. The zero-order chi connectivity index (χ0) is 21.7. The average Bonchev–Trinajstić information content (AvgIpc) is 2.74. The predicted octanol–water partition coefficient (Wildman–Crippen LogP) is 2.98. The molecule has 0 bridgehead atoms. The first-order valence-electron chi connectivity index (χ1n) is 8.61. The Morgan fingerprint density at radius 1 is 0.600 bits per heavy atom. The van der Waals surface area contributed by atoms with E-state index in [1.54, 1.807) is 12.1 Å². The van der Waals surface area contributed by atoms with E-state index in [-0.39, 0.29) is 33.9 Å². The number of carboxylic acids is 2. The van der Waals surface area contributed by atoms with E-state index in [0.717, 1.165) is 0 Å². The van der Waals surface area contributed by atoms with Gasteiger partial charge >= 0.3 is 11.9 Å². The zero-order valence-corrected chi connectivity index (χ0v) is 15.3. The van der Waals surface area contributed by atoms with Gasteiger partial charge in [-0.3, -0.25) is 9.59 Å². The van der Waals surface area contributed by atoms with E-state index >= 15 is 0 Å². The highest BCUT2D eigenvalue weighted by atomic mass is 16.4. The molecule has 0 atom stereocenters. The van der Waals surface area contributed by atoms with Crippen molar-refractivity contribution in [3.63, 3.8) is 0 Å². The van der Waals surface area contributed by atoms with Gasteiger partial charge in [0.2, 0.25) is 0 Å². The molecule has 0 saturated heterocycles. The fourth-order valence-corrected chi connectivity index (χ4v) is 2.62. The van der Waals surface area contributed by atoms with Crippen molar-refractivity contribution in [3.8, 4) is 0 Å². The normalized spacial score (nSPS) is 10.1. The number of pyridine rings is 1. The minimum atomic E-state index is -1.20. The first-order valence-corrected chi connectivity index (χ1v) is 8.61. The molecule has 0 aliphatic heterocycles. The van der Waals surface area contributed by atoms with Crippen LogP contribution in [0, 0.1) is 0 Å². The molecule has 0 saturated carbocycles. The van der Waals surface area contributed by atoms with E-state index in [0.29, 0.717) is 0 Å². The summed E-state index contributed by atoms with van der Waals surface area (Å²) in [6.45, 7) is 0. The van der Waals surface area contributed by atoms with Gasteiger partial charge in [-0.25, -0.2) is 14.6 Å². The molecule has 2 amide bonds. The minimum absolute atomic E-state index is 0.0852. The summed E-state index contributed by atoms with van der Waals surface area (Å²) >= 11 is 0. The van der Waals surface area contributed by atoms with Crippen LogP contribution >= 0.6 is 0 Å². The number of para-hydroxylation sites is 2. The van der Waals surface area contributed by atoms with E-state index in [1.165, 1.54) is 54.6 Å². The molecule has 9 nitrogen and oxygen atoms in total. The lowest BCUT2D eigenvalue weighted by Gasteiger charge is -2.10. The van der Waals surface area contributed by atoms with Crippen LogP contribution in [0.3, 0.4) is 0 Å². The smallest absolute Gasteiger partial charge is 0.337 e. The molecule has 1 aromatic heterocycles. The summed E-state index contributed by atoms with van der Waals surface area (Å²) in [5.74, 6) is -3.82. The minimum Gasteiger partial charge on any atom is -0.478 e. The summed E-state index contributed by atoms with van der Waals surface area (Å²) in [7, 11) is 0. The van der Waals surface area contributed by atoms with Gasteiger partial charge in [-0.15, -0.1) is 0 Å². The second-order valence-electron chi connectivity index (χ2n) is 6.02. The Morgan fingerprint density at radius 2 is 1.00 bits per heavy atom. The lowest BCUT2D eigenvalue weighted by Crippen LogP contribution is -2.20. The van der Waals surface area contributed by atoms with Crippen LogP contribution in [0.5, 0.6) is 0 Å². The van der Waals surface area contributed by atoms with Crippen molar-refractivity contribution in [1.29, 1.82) is 0 Å². The van der Waals surface area contributed by atoms with E-state index in [1.807, 2.05) is 0 Å². The van der Waals surface area contributed by atoms with Crippen LogP contribution in [0.4, 0.5) is 11.4 Å². The molecule has 150 valence electrons. The molecule has 2 aromatic carbocycles. The summed E-state index contributed by atoms with van der Waals surface area (Å²) < 4.78 is 0. The van der Waals surface area contributed by atoms with Crippen LogP contribution < -0.4 is 10.6 Å². The third-order valence-electron chi connectivity index (χ3n) is 4.03. The average molecular weight is 405 g/mol. The Balaban J connectivity index is 1.81.